The van der Waals surface area contributed by atoms with Crippen LogP contribution in [0.3, 0.4) is 0 Å². The average molecular weight is 408 g/mol. The third-order valence-corrected chi connectivity index (χ3v) is 5.17. The molecule has 26 heavy (non-hydrogen) atoms. The standard InChI is InChI=1S/C18H26FN3O2.2ClH/c1-18(12-20)5-6-22(13-18)17(23)16(21-7-9-24-10-8-21)14-3-2-4-15(19)11-14;;/h2-4,11,16H,5-10,12-13,20H2,1H3;2*1H. The summed E-state index contributed by atoms with van der Waals surface area (Å²) in [5.41, 5.74) is 6.56. The molecule has 1 amide bonds. The highest BCUT2D eigenvalue weighted by molar-refractivity contribution is 5.85. The number of morpholine rings is 1. The first-order valence-electron chi connectivity index (χ1n) is 8.58. The van der Waals surface area contributed by atoms with E-state index >= 15 is 0 Å². The van der Waals surface area contributed by atoms with Crippen LogP contribution < -0.4 is 5.73 Å². The van der Waals surface area contributed by atoms with Gasteiger partial charge < -0.3 is 15.4 Å². The van der Waals surface area contributed by atoms with Crippen molar-refractivity contribution in [2.24, 2.45) is 11.1 Å². The number of carbonyl (C=O) groups excluding carboxylic acids is 1. The molecule has 1 aromatic rings. The van der Waals surface area contributed by atoms with Gasteiger partial charge >= 0.3 is 0 Å². The molecule has 2 fully saturated rings. The predicted octanol–water partition coefficient (Wildman–Crippen LogP) is 2.24. The van der Waals surface area contributed by atoms with Gasteiger partial charge in [0.15, 0.2) is 0 Å². The lowest BCUT2D eigenvalue weighted by atomic mass is 9.90. The molecule has 2 unspecified atom stereocenters. The van der Waals surface area contributed by atoms with Crippen molar-refractivity contribution >= 4 is 30.7 Å². The minimum absolute atomic E-state index is 0. The van der Waals surface area contributed by atoms with E-state index in [0.717, 1.165) is 6.42 Å². The molecule has 0 saturated carbocycles. The molecule has 0 aromatic heterocycles. The van der Waals surface area contributed by atoms with Crippen LogP contribution >= 0.6 is 24.8 Å². The highest BCUT2D eigenvalue weighted by atomic mass is 35.5. The summed E-state index contributed by atoms with van der Waals surface area (Å²) >= 11 is 0. The largest absolute Gasteiger partial charge is 0.379 e. The fourth-order valence-corrected chi connectivity index (χ4v) is 3.57. The number of benzene rings is 1. The van der Waals surface area contributed by atoms with Crippen molar-refractivity contribution in [2.75, 3.05) is 45.9 Å². The summed E-state index contributed by atoms with van der Waals surface area (Å²) < 4.78 is 19.1. The van der Waals surface area contributed by atoms with Crippen LogP contribution in [0.15, 0.2) is 24.3 Å². The van der Waals surface area contributed by atoms with Crippen LogP contribution in [0.1, 0.15) is 24.9 Å². The molecule has 2 atom stereocenters. The number of hydrogen-bond acceptors (Lipinski definition) is 4. The molecule has 2 heterocycles. The summed E-state index contributed by atoms with van der Waals surface area (Å²) in [7, 11) is 0. The van der Waals surface area contributed by atoms with Crippen LogP contribution in [0.4, 0.5) is 4.39 Å². The summed E-state index contributed by atoms with van der Waals surface area (Å²) in [5.74, 6) is -0.272. The number of amides is 1. The Morgan fingerprint density at radius 3 is 2.58 bits per heavy atom. The van der Waals surface area contributed by atoms with Crippen molar-refractivity contribution in [2.45, 2.75) is 19.4 Å². The minimum atomic E-state index is -0.454. The summed E-state index contributed by atoms with van der Waals surface area (Å²) in [4.78, 5) is 17.2. The van der Waals surface area contributed by atoms with Gasteiger partial charge in [-0.3, -0.25) is 9.69 Å². The molecule has 3 rings (SSSR count). The number of halogens is 3. The fraction of sp³-hybridized carbons (Fsp3) is 0.611. The van der Waals surface area contributed by atoms with Gasteiger partial charge in [0.25, 0.3) is 0 Å². The van der Waals surface area contributed by atoms with Crippen molar-refractivity contribution < 1.29 is 13.9 Å². The Balaban J connectivity index is 0.00000169. The van der Waals surface area contributed by atoms with E-state index in [1.807, 2.05) is 11.0 Å². The highest BCUT2D eigenvalue weighted by Crippen LogP contribution is 2.32. The Morgan fingerprint density at radius 2 is 2.00 bits per heavy atom. The second-order valence-electron chi connectivity index (χ2n) is 7.13. The molecule has 148 valence electrons. The normalized spacial score (nSPS) is 24.5. The second-order valence-corrected chi connectivity index (χ2v) is 7.13. The van der Waals surface area contributed by atoms with Gasteiger partial charge in [0, 0.05) is 26.2 Å². The molecule has 2 saturated heterocycles. The van der Waals surface area contributed by atoms with E-state index in [0.29, 0.717) is 51.5 Å². The van der Waals surface area contributed by atoms with Crippen molar-refractivity contribution in [1.82, 2.24) is 9.80 Å². The number of rotatable bonds is 4. The molecule has 2 aliphatic rings. The van der Waals surface area contributed by atoms with Crippen LogP contribution in [0.2, 0.25) is 0 Å². The lowest BCUT2D eigenvalue weighted by Crippen LogP contribution is -2.47. The number of likely N-dealkylation sites (tertiary alicyclic amines) is 1. The van der Waals surface area contributed by atoms with E-state index in [9.17, 15) is 9.18 Å². The second kappa shape index (κ2) is 9.85. The van der Waals surface area contributed by atoms with Gasteiger partial charge in [-0.05, 0) is 36.1 Å². The summed E-state index contributed by atoms with van der Waals surface area (Å²) in [6, 6.07) is 5.92. The van der Waals surface area contributed by atoms with Gasteiger partial charge in [-0.15, -0.1) is 24.8 Å². The molecular formula is C18H28Cl2FN3O2. The molecule has 0 bridgehead atoms. The topological polar surface area (TPSA) is 58.8 Å². The Kier molecular flexibility index (Phi) is 8.76. The fourth-order valence-electron chi connectivity index (χ4n) is 3.57. The molecular weight excluding hydrogens is 380 g/mol. The first-order valence-corrected chi connectivity index (χ1v) is 8.58. The van der Waals surface area contributed by atoms with Gasteiger partial charge in [-0.25, -0.2) is 4.39 Å². The monoisotopic (exact) mass is 407 g/mol. The smallest absolute Gasteiger partial charge is 0.244 e. The van der Waals surface area contributed by atoms with Gasteiger partial charge in [0.1, 0.15) is 11.9 Å². The zero-order chi connectivity index (χ0) is 17.2. The Morgan fingerprint density at radius 1 is 1.31 bits per heavy atom. The summed E-state index contributed by atoms with van der Waals surface area (Å²) in [6.07, 6.45) is 0.911. The van der Waals surface area contributed by atoms with Gasteiger partial charge in [-0.1, -0.05) is 19.1 Å². The first kappa shape index (κ1) is 23.1. The number of ether oxygens (including phenoxy) is 1. The van der Waals surface area contributed by atoms with Gasteiger partial charge in [0.05, 0.1) is 13.2 Å². The molecule has 8 heteroatoms. The molecule has 1 aromatic carbocycles. The zero-order valence-corrected chi connectivity index (χ0v) is 16.7. The molecule has 2 N–H and O–H groups in total. The van der Waals surface area contributed by atoms with Crippen LogP contribution in [-0.2, 0) is 9.53 Å². The maximum absolute atomic E-state index is 13.7. The van der Waals surface area contributed by atoms with Crippen molar-refractivity contribution in [3.05, 3.63) is 35.6 Å². The molecule has 0 radical (unpaired) electrons. The van der Waals surface area contributed by atoms with Crippen LogP contribution in [0.25, 0.3) is 0 Å². The number of carbonyl (C=O) groups is 1. The minimum Gasteiger partial charge on any atom is -0.379 e. The third kappa shape index (κ3) is 5.08. The van der Waals surface area contributed by atoms with E-state index in [-0.39, 0.29) is 42.0 Å². The summed E-state index contributed by atoms with van der Waals surface area (Å²) in [6.45, 7) is 6.61. The predicted molar refractivity (Wildman–Crippen MR) is 104 cm³/mol. The molecule has 5 nitrogen and oxygen atoms in total. The van der Waals surface area contributed by atoms with Gasteiger partial charge in [-0.2, -0.15) is 0 Å². The summed E-state index contributed by atoms with van der Waals surface area (Å²) in [5, 5.41) is 0. The Hall–Kier alpha value is -0.920. The quantitative estimate of drug-likeness (QED) is 0.831. The van der Waals surface area contributed by atoms with Crippen molar-refractivity contribution in [3.8, 4) is 0 Å². The third-order valence-electron chi connectivity index (χ3n) is 5.17. The molecule has 0 spiro atoms. The highest BCUT2D eigenvalue weighted by Gasteiger charge is 2.39. The van der Waals surface area contributed by atoms with E-state index in [4.69, 9.17) is 10.5 Å². The maximum atomic E-state index is 13.7. The van der Waals surface area contributed by atoms with Crippen LogP contribution in [0, 0.1) is 11.2 Å². The van der Waals surface area contributed by atoms with Crippen molar-refractivity contribution in [3.63, 3.8) is 0 Å². The molecule has 0 aliphatic carbocycles. The lowest BCUT2D eigenvalue weighted by molar-refractivity contribution is -0.138. The van der Waals surface area contributed by atoms with Crippen LogP contribution in [0.5, 0.6) is 0 Å². The van der Waals surface area contributed by atoms with E-state index in [2.05, 4.69) is 11.8 Å². The van der Waals surface area contributed by atoms with Crippen molar-refractivity contribution in [1.29, 1.82) is 0 Å². The van der Waals surface area contributed by atoms with E-state index < -0.39 is 6.04 Å². The van der Waals surface area contributed by atoms with Crippen LogP contribution in [-0.4, -0.2) is 61.6 Å². The van der Waals surface area contributed by atoms with E-state index in [1.165, 1.54) is 12.1 Å². The number of hydrogen-bond donors (Lipinski definition) is 1. The Labute approximate surface area is 166 Å². The Bertz CT molecular complexity index is 602. The number of nitrogens with zero attached hydrogens (tertiary/aromatic N) is 2. The SMILES string of the molecule is CC1(CN)CCN(C(=O)C(c2cccc(F)c2)N2CCOCC2)C1.Cl.Cl. The first-order chi connectivity index (χ1) is 11.5. The average Bonchev–Trinajstić information content (AvgIpc) is 2.99. The maximum Gasteiger partial charge on any atom is 0.244 e. The van der Waals surface area contributed by atoms with Gasteiger partial charge in [0.2, 0.25) is 5.91 Å². The van der Waals surface area contributed by atoms with E-state index in [1.54, 1.807) is 6.07 Å². The lowest BCUT2D eigenvalue weighted by Gasteiger charge is -2.36. The zero-order valence-electron chi connectivity index (χ0n) is 15.0. The molecule has 2 aliphatic heterocycles. The number of nitrogens with two attached hydrogens (primary N) is 1.